The molecule has 0 bridgehead atoms. The Morgan fingerprint density at radius 3 is 2.71 bits per heavy atom. The van der Waals surface area contributed by atoms with Gasteiger partial charge in [0.25, 0.3) is 5.91 Å². The number of ketones is 1. The number of hydrogen-bond donors (Lipinski definition) is 2. The molecule has 0 spiro atoms. The molecule has 0 saturated carbocycles. The minimum absolute atomic E-state index is 0.0843. The monoisotopic (exact) mass is 350 g/mol. The Hall–Kier alpha value is -2.08. The van der Waals surface area contributed by atoms with Crippen LogP contribution in [0.3, 0.4) is 0 Å². The van der Waals surface area contributed by atoms with Crippen molar-refractivity contribution in [3.05, 3.63) is 51.8 Å². The Labute approximate surface area is 130 Å². The zero-order chi connectivity index (χ0) is 15.4. The Morgan fingerprint density at radius 2 is 2.10 bits per heavy atom. The maximum absolute atomic E-state index is 12.0. The second-order valence-electron chi connectivity index (χ2n) is 4.50. The van der Waals surface area contributed by atoms with Crippen molar-refractivity contribution in [2.24, 2.45) is 0 Å². The number of ether oxygens (including phenoxy) is 1. The molecule has 0 aliphatic heterocycles. The fraction of sp³-hybridized carbons (Fsp3) is 0.200. The first-order chi connectivity index (χ1) is 10.0. The van der Waals surface area contributed by atoms with Crippen molar-refractivity contribution in [1.29, 1.82) is 0 Å². The van der Waals surface area contributed by atoms with Gasteiger partial charge in [-0.15, -0.1) is 0 Å². The SMILES string of the molecule is COc1ccc(Br)cc1CNC(=O)c1cc(C(C)=O)c[nH]1. The van der Waals surface area contributed by atoms with Crippen molar-refractivity contribution in [2.45, 2.75) is 13.5 Å². The Morgan fingerprint density at radius 1 is 1.33 bits per heavy atom. The smallest absolute Gasteiger partial charge is 0.267 e. The summed E-state index contributed by atoms with van der Waals surface area (Å²) in [7, 11) is 1.58. The van der Waals surface area contributed by atoms with Crippen molar-refractivity contribution >= 4 is 27.6 Å². The zero-order valence-corrected chi connectivity index (χ0v) is 13.3. The van der Waals surface area contributed by atoms with Gasteiger partial charge in [0.15, 0.2) is 5.78 Å². The van der Waals surface area contributed by atoms with Gasteiger partial charge in [0.05, 0.1) is 7.11 Å². The van der Waals surface area contributed by atoms with Crippen molar-refractivity contribution in [3.8, 4) is 5.75 Å². The summed E-state index contributed by atoms with van der Waals surface area (Å²) in [4.78, 5) is 26.0. The number of carbonyl (C=O) groups excluding carboxylic acids is 2. The summed E-state index contributed by atoms with van der Waals surface area (Å²) < 4.78 is 6.16. The number of carbonyl (C=O) groups is 2. The van der Waals surface area contributed by atoms with Crippen molar-refractivity contribution in [3.63, 3.8) is 0 Å². The molecule has 1 amide bonds. The van der Waals surface area contributed by atoms with E-state index in [1.54, 1.807) is 7.11 Å². The van der Waals surface area contributed by atoms with Crippen LogP contribution in [0.1, 0.15) is 33.3 Å². The molecule has 0 unspecified atom stereocenters. The average molecular weight is 351 g/mol. The molecule has 0 fully saturated rings. The zero-order valence-electron chi connectivity index (χ0n) is 11.7. The molecule has 6 heteroatoms. The van der Waals surface area contributed by atoms with Gasteiger partial charge < -0.3 is 15.0 Å². The molecule has 1 heterocycles. The minimum Gasteiger partial charge on any atom is -0.496 e. The molecule has 2 N–H and O–H groups in total. The Bertz CT molecular complexity index is 679. The highest BCUT2D eigenvalue weighted by atomic mass is 79.9. The minimum atomic E-state index is -0.274. The maximum atomic E-state index is 12.0. The van der Waals surface area contributed by atoms with Crippen LogP contribution in [-0.4, -0.2) is 23.8 Å². The summed E-state index contributed by atoms with van der Waals surface area (Å²) in [5.74, 6) is 0.345. The lowest BCUT2D eigenvalue weighted by atomic mass is 10.2. The Kier molecular flexibility index (Phi) is 4.80. The van der Waals surface area contributed by atoms with E-state index in [-0.39, 0.29) is 11.7 Å². The molecule has 1 aromatic heterocycles. The number of Topliss-reactive ketones (excluding diaryl/α,β-unsaturated/α-hetero) is 1. The average Bonchev–Trinajstić information content (AvgIpc) is 2.95. The fourth-order valence-electron chi connectivity index (χ4n) is 1.88. The van der Waals surface area contributed by atoms with Gasteiger partial charge in [-0.2, -0.15) is 0 Å². The van der Waals surface area contributed by atoms with Crippen LogP contribution in [-0.2, 0) is 6.54 Å². The number of H-pyrrole nitrogens is 1. The summed E-state index contributed by atoms with van der Waals surface area (Å²) >= 11 is 3.38. The molecule has 0 radical (unpaired) electrons. The number of benzene rings is 1. The van der Waals surface area contributed by atoms with Crippen LogP contribution in [0, 0.1) is 0 Å². The van der Waals surface area contributed by atoms with E-state index in [1.165, 1.54) is 19.2 Å². The number of methoxy groups -OCH3 is 1. The van der Waals surface area contributed by atoms with E-state index in [2.05, 4.69) is 26.2 Å². The van der Waals surface area contributed by atoms with Crippen LogP contribution < -0.4 is 10.1 Å². The predicted molar refractivity (Wildman–Crippen MR) is 82.7 cm³/mol. The van der Waals surface area contributed by atoms with Gasteiger partial charge in [0.2, 0.25) is 0 Å². The van der Waals surface area contributed by atoms with E-state index >= 15 is 0 Å². The Balaban J connectivity index is 2.07. The molecular weight excluding hydrogens is 336 g/mol. The summed E-state index contributed by atoms with van der Waals surface area (Å²) in [6, 6.07) is 7.12. The summed E-state index contributed by atoms with van der Waals surface area (Å²) in [6.45, 7) is 1.78. The molecule has 0 aliphatic carbocycles. The van der Waals surface area contributed by atoms with Crippen LogP contribution in [0.2, 0.25) is 0 Å². The summed E-state index contributed by atoms with van der Waals surface area (Å²) in [6.07, 6.45) is 1.52. The lowest BCUT2D eigenvalue weighted by Gasteiger charge is -2.09. The number of aromatic amines is 1. The normalized spacial score (nSPS) is 10.2. The van der Waals surface area contributed by atoms with Crippen molar-refractivity contribution in [2.75, 3.05) is 7.11 Å². The highest BCUT2D eigenvalue weighted by Crippen LogP contribution is 2.22. The van der Waals surface area contributed by atoms with E-state index in [4.69, 9.17) is 4.74 Å². The van der Waals surface area contributed by atoms with Crippen molar-refractivity contribution in [1.82, 2.24) is 10.3 Å². The third-order valence-corrected chi connectivity index (χ3v) is 3.51. The third kappa shape index (κ3) is 3.72. The van der Waals surface area contributed by atoms with Gasteiger partial charge in [-0.1, -0.05) is 15.9 Å². The molecule has 0 aliphatic rings. The van der Waals surface area contributed by atoms with Crippen LogP contribution in [0.4, 0.5) is 0 Å². The molecule has 2 rings (SSSR count). The molecule has 110 valence electrons. The molecule has 0 saturated heterocycles. The predicted octanol–water partition coefficient (Wildman–Crippen LogP) is 2.92. The van der Waals surface area contributed by atoms with Crippen LogP contribution in [0.5, 0.6) is 5.75 Å². The number of nitrogens with one attached hydrogen (secondary N) is 2. The molecule has 0 atom stereocenters. The summed E-state index contributed by atoms with van der Waals surface area (Å²) in [5.41, 5.74) is 1.70. The van der Waals surface area contributed by atoms with E-state index in [0.717, 1.165) is 10.0 Å². The van der Waals surface area contributed by atoms with Crippen LogP contribution in [0.25, 0.3) is 0 Å². The molecule has 1 aromatic carbocycles. The number of halogens is 1. The van der Waals surface area contributed by atoms with Gasteiger partial charge in [0, 0.05) is 28.3 Å². The first-order valence-electron chi connectivity index (χ1n) is 6.31. The van der Waals surface area contributed by atoms with Gasteiger partial charge in [-0.25, -0.2) is 0 Å². The molecule has 5 nitrogen and oxygen atoms in total. The fourth-order valence-corrected chi connectivity index (χ4v) is 2.29. The quantitative estimate of drug-likeness (QED) is 0.814. The lowest BCUT2D eigenvalue weighted by Crippen LogP contribution is -2.23. The number of hydrogen-bond acceptors (Lipinski definition) is 3. The van der Waals surface area contributed by atoms with E-state index < -0.39 is 0 Å². The lowest BCUT2D eigenvalue weighted by molar-refractivity contribution is 0.0946. The number of aromatic nitrogens is 1. The topological polar surface area (TPSA) is 71.2 Å². The number of rotatable bonds is 5. The maximum Gasteiger partial charge on any atom is 0.267 e. The number of amides is 1. The summed E-state index contributed by atoms with van der Waals surface area (Å²) in [5, 5.41) is 2.79. The van der Waals surface area contributed by atoms with Crippen molar-refractivity contribution < 1.29 is 14.3 Å². The van der Waals surface area contributed by atoms with Crippen LogP contribution >= 0.6 is 15.9 Å². The first kappa shape index (κ1) is 15.3. The second-order valence-corrected chi connectivity index (χ2v) is 5.41. The largest absolute Gasteiger partial charge is 0.496 e. The highest BCUT2D eigenvalue weighted by Gasteiger charge is 2.11. The van der Waals surface area contributed by atoms with E-state index in [9.17, 15) is 9.59 Å². The van der Waals surface area contributed by atoms with Gasteiger partial charge in [0.1, 0.15) is 11.4 Å². The van der Waals surface area contributed by atoms with E-state index in [0.29, 0.717) is 23.6 Å². The third-order valence-electron chi connectivity index (χ3n) is 3.02. The van der Waals surface area contributed by atoms with E-state index in [1.807, 2.05) is 18.2 Å². The molecular formula is C15H15BrN2O3. The highest BCUT2D eigenvalue weighted by molar-refractivity contribution is 9.10. The molecule has 21 heavy (non-hydrogen) atoms. The van der Waals surface area contributed by atoms with Gasteiger partial charge in [-0.3, -0.25) is 9.59 Å². The van der Waals surface area contributed by atoms with Gasteiger partial charge >= 0.3 is 0 Å². The first-order valence-corrected chi connectivity index (χ1v) is 7.10. The standard InChI is InChI=1S/C15H15BrN2O3/c1-9(19)10-6-13(17-7-10)15(20)18-8-11-5-12(16)3-4-14(11)21-2/h3-7,17H,8H2,1-2H3,(H,18,20). The van der Waals surface area contributed by atoms with Gasteiger partial charge in [-0.05, 0) is 31.2 Å². The van der Waals surface area contributed by atoms with Crippen LogP contribution in [0.15, 0.2) is 34.9 Å². The second kappa shape index (κ2) is 6.58. The molecule has 2 aromatic rings.